The summed E-state index contributed by atoms with van der Waals surface area (Å²) >= 11 is 0. The third kappa shape index (κ3) is 3.19. The van der Waals surface area contributed by atoms with E-state index in [9.17, 15) is 8.42 Å². The molecule has 2 fully saturated rings. The lowest BCUT2D eigenvalue weighted by molar-refractivity contribution is 0.321. The molecule has 0 aromatic rings. The Morgan fingerprint density at radius 1 is 1.24 bits per heavy atom. The molecule has 0 radical (unpaired) electrons. The second-order valence-electron chi connectivity index (χ2n) is 5.04. The van der Waals surface area contributed by atoms with Crippen molar-refractivity contribution in [2.24, 2.45) is 0 Å². The van der Waals surface area contributed by atoms with Gasteiger partial charge >= 0.3 is 0 Å². The molecule has 2 heterocycles. The van der Waals surface area contributed by atoms with Gasteiger partial charge in [0.15, 0.2) is 0 Å². The first kappa shape index (κ1) is 13.3. The number of hydrogen-bond acceptors (Lipinski definition) is 3. The Morgan fingerprint density at radius 2 is 1.94 bits per heavy atom. The molecule has 0 spiro atoms. The van der Waals surface area contributed by atoms with Crippen LogP contribution in [0.4, 0.5) is 0 Å². The molecule has 0 amide bonds. The lowest BCUT2D eigenvalue weighted by Gasteiger charge is -2.30. The lowest BCUT2D eigenvalue weighted by Crippen LogP contribution is -2.48. The van der Waals surface area contributed by atoms with Crippen molar-refractivity contribution in [1.82, 2.24) is 13.9 Å². The number of piperidine rings is 1. The van der Waals surface area contributed by atoms with E-state index in [0.29, 0.717) is 25.7 Å². The Balaban J connectivity index is 1.91. The van der Waals surface area contributed by atoms with Gasteiger partial charge in [-0.05, 0) is 32.2 Å². The highest BCUT2D eigenvalue weighted by Crippen LogP contribution is 2.17. The molecule has 1 atom stereocenters. The summed E-state index contributed by atoms with van der Waals surface area (Å²) in [7, 11) is -1.51. The number of hydrogen-bond donors (Lipinski definition) is 1. The largest absolute Gasteiger partial charge is 0.313 e. The van der Waals surface area contributed by atoms with E-state index < -0.39 is 10.2 Å². The van der Waals surface area contributed by atoms with Crippen molar-refractivity contribution in [2.75, 3.05) is 33.2 Å². The standard InChI is InChI=1S/C11H23N3O2S/c1-13(10-11-6-2-3-7-12-11)17(15,16)14-8-4-5-9-14/h11-12H,2-10H2,1H3. The van der Waals surface area contributed by atoms with Crippen molar-refractivity contribution >= 4 is 10.2 Å². The monoisotopic (exact) mass is 261 g/mol. The molecule has 0 aromatic carbocycles. The summed E-state index contributed by atoms with van der Waals surface area (Å²) in [6, 6.07) is 0.325. The van der Waals surface area contributed by atoms with Crippen molar-refractivity contribution in [2.45, 2.75) is 38.1 Å². The van der Waals surface area contributed by atoms with Gasteiger partial charge in [0.1, 0.15) is 0 Å². The zero-order valence-electron chi connectivity index (χ0n) is 10.6. The van der Waals surface area contributed by atoms with Crippen LogP contribution in [0.15, 0.2) is 0 Å². The first-order valence-electron chi connectivity index (χ1n) is 6.55. The fourth-order valence-electron chi connectivity index (χ4n) is 2.60. The fraction of sp³-hybridized carbons (Fsp3) is 1.00. The Kier molecular flexibility index (Phi) is 4.41. The molecule has 100 valence electrons. The molecule has 2 saturated heterocycles. The van der Waals surface area contributed by atoms with E-state index >= 15 is 0 Å². The molecule has 2 aliphatic heterocycles. The van der Waals surface area contributed by atoms with Crippen LogP contribution in [0.1, 0.15) is 32.1 Å². The van der Waals surface area contributed by atoms with E-state index in [0.717, 1.165) is 25.8 Å². The molecule has 0 aromatic heterocycles. The fourth-order valence-corrected chi connectivity index (χ4v) is 4.08. The van der Waals surface area contributed by atoms with Crippen molar-refractivity contribution in [1.29, 1.82) is 0 Å². The Bertz CT molecular complexity index is 333. The van der Waals surface area contributed by atoms with Crippen molar-refractivity contribution in [3.8, 4) is 0 Å². The van der Waals surface area contributed by atoms with Crippen LogP contribution in [0.2, 0.25) is 0 Å². The van der Waals surface area contributed by atoms with Crippen LogP contribution in [0, 0.1) is 0 Å². The summed E-state index contributed by atoms with van der Waals surface area (Å²) in [5.41, 5.74) is 0. The molecular weight excluding hydrogens is 238 g/mol. The van der Waals surface area contributed by atoms with Gasteiger partial charge in [0.25, 0.3) is 10.2 Å². The van der Waals surface area contributed by atoms with Gasteiger partial charge in [-0.15, -0.1) is 0 Å². The van der Waals surface area contributed by atoms with Gasteiger partial charge < -0.3 is 5.32 Å². The lowest BCUT2D eigenvalue weighted by atomic mass is 10.1. The SMILES string of the molecule is CN(CC1CCCCN1)S(=O)(=O)N1CCCC1. The predicted molar refractivity (Wildman–Crippen MR) is 68.0 cm³/mol. The smallest absolute Gasteiger partial charge is 0.281 e. The van der Waals surface area contributed by atoms with Crippen molar-refractivity contribution in [3.63, 3.8) is 0 Å². The highest BCUT2D eigenvalue weighted by atomic mass is 32.2. The van der Waals surface area contributed by atoms with Gasteiger partial charge in [0.2, 0.25) is 0 Å². The zero-order chi connectivity index (χ0) is 12.3. The molecule has 17 heavy (non-hydrogen) atoms. The number of likely N-dealkylation sites (N-methyl/N-ethyl adjacent to an activating group) is 1. The molecule has 0 aliphatic carbocycles. The van der Waals surface area contributed by atoms with Crippen LogP contribution in [-0.2, 0) is 10.2 Å². The van der Waals surface area contributed by atoms with Gasteiger partial charge in [-0.2, -0.15) is 17.0 Å². The minimum Gasteiger partial charge on any atom is -0.313 e. The van der Waals surface area contributed by atoms with Crippen molar-refractivity contribution < 1.29 is 8.42 Å². The zero-order valence-corrected chi connectivity index (χ0v) is 11.4. The Morgan fingerprint density at radius 3 is 2.53 bits per heavy atom. The Hall–Kier alpha value is -0.170. The minimum atomic E-state index is -3.21. The van der Waals surface area contributed by atoms with Gasteiger partial charge in [0.05, 0.1) is 0 Å². The van der Waals surface area contributed by atoms with Crippen LogP contribution in [0.3, 0.4) is 0 Å². The van der Waals surface area contributed by atoms with Gasteiger partial charge in [-0.3, -0.25) is 0 Å². The molecule has 0 saturated carbocycles. The Labute approximate surface area is 104 Å². The maximum Gasteiger partial charge on any atom is 0.281 e. The minimum absolute atomic E-state index is 0.325. The second kappa shape index (κ2) is 5.65. The van der Waals surface area contributed by atoms with E-state index in [4.69, 9.17) is 0 Å². The van der Waals surface area contributed by atoms with Crippen LogP contribution >= 0.6 is 0 Å². The molecule has 1 unspecified atom stereocenters. The van der Waals surface area contributed by atoms with Crippen LogP contribution in [0.5, 0.6) is 0 Å². The molecule has 1 N–H and O–H groups in total. The third-order valence-corrected chi connectivity index (χ3v) is 5.63. The van der Waals surface area contributed by atoms with E-state index in [1.54, 1.807) is 11.4 Å². The number of nitrogens with one attached hydrogen (secondary N) is 1. The first-order chi connectivity index (χ1) is 8.10. The molecule has 6 heteroatoms. The van der Waals surface area contributed by atoms with Crippen LogP contribution < -0.4 is 5.32 Å². The summed E-state index contributed by atoms with van der Waals surface area (Å²) in [5, 5.41) is 3.39. The predicted octanol–water partition coefficient (Wildman–Crippen LogP) is 0.401. The third-order valence-electron chi connectivity index (χ3n) is 3.68. The summed E-state index contributed by atoms with van der Waals surface area (Å²) in [6.45, 7) is 2.98. The van der Waals surface area contributed by atoms with Gasteiger partial charge in [-0.1, -0.05) is 6.42 Å². The first-order valence-corrected chi connectivity index (χ1v) is 7.95. The highest BCUT2D eigenvalue weighted by Gasteiger charge is 2.30. The summed E-state index contributed by atoms with van der Waals surface area (Å²) in [5.74, 6) is 0. The maximum absolute atomic E-state index is 12.2. The van der Waals surface area contributed by atoms with Crippen LogP contribution in [-0.4, -0.2) is 56.3 Å². The molecule has 2 aliphatic rings. The summed E-state index contributed by atoms with van der Waals surface area (Å²) in [6.07, 6.45) is 5.48. The topological polar surface area (TPSA) is 52.7 Å². The summed E-state index contributed by atoms with van der Waals surface area (Å²) in [4.78, 5) is 0. The number of nitrogens with zero attached hydrogens (tertiary/aromatic N) is 2. The van der Waals surface area contributed by atoms with Crippen LogP contribution in [0.25, 0.3) is 0 Å². The quantitative estimate of drug-likeness (QED) is 0.797. The van der Waals surface area contributed by atoms with E-state index in [1.165, 1.54) is 17.1 Å². The van der Waals surface area contributed by atoms with Gasteiger partial charge in [0, 0.05) is 32.7 Å². The molecule has 2 rings (SSSR count). The molecule has 0 bridgehead atoms. The normalized spacial score (nSPS) is 27.8. The maximum atomic E-state index is 12.2. The highest BCUT2D eigenvalue weighted by molar-refractivity contribution is 7.86. The average Bonchev–Trinajstić information content (AvgIpc) is 2.84. The summed E-state index contributed by atoms with van der Waals surface area (Å²) < 4.78 is 27.6. The van der Waals surface area contributed by atoms with E-state index in [1.807, 2.05) is 0 Å². The average molecular weight is 261 g/mol. The van der Waals surface area contributed by atoms with E-state index in [-0.39, 0.29) is 0 Å². The molecular formula is C11H23N3O2S. The number of rotatable bonds is 4. The second-order valence-corrected chi connectivity index (χ2v) is 7.08. The van der Waals surface area contributed by atoms with Crippen molar-refractivity contribution in [3.05, 3.63) is 0 Å². The van der Waals surface area contributed by atoms with E-state index in [2.05, 4.69) is 5.32 Å². The van der Waals surface area contributed by atoms with Gasteiger partial charge in [-0.25, -0.2) is 0 Å². The molecule has 5 nitrogen and oxygen atoms in total.